The van der Waals surface area contributed by atoms with E-state index in [2.05, 4.69) is 101 Å². The van der Waals surface area contributed by atoms with Crippen molar-refractivity contribution in [1.82, 2.24) is 0 Å². The van der Waals surface area contributed by atoms with Crippen molar-refractivity contribution in [2.75, 3.05) is 17.3 Å². The monoisotopic (exact) mass is 475 g/mol. The molecule has 0 amide bonds. The molecular weight excluding hydrogens is 453 g/mol. The molecule has 2 nitrogen and oxygen atoms in total. The van der Waals surface area contributed by atoms with Gasteiger partial charge in [0.25, 0.3) is 0 Å². The number of hydrogen-bond acceptors (Lipinski definition) is 3. The molecule has 0 atom stereocenters. The average molecular weight is 475 g/mol. The molecule has 0 aliphatic heterocycles. The molecule has 26 heavy (non-hydrogen) atoms. The largest absolute Gasteiger partial charge is 0.395 e. The Balaban J connectivity index is 1.99. The van der Waals surface area contributed by atoms with E-state index in [0.29, 0.717) is 6.61 Å². The van der Waals surface area contributed by atoms with Crippen LogP contribution in [0.4, 0.5) is 0 Å². The van der Waals surface area contributed by atoms with Gasteiger partial charge in [0.15, 0.2) is 0 Å². The van der Waals surface area contributed by atoms with E-state index in [-0.39, 0.29) is 0 Å². The second kappa shape index (κ2) is 9.97. The molecule has 3 aromatic rings. The molecule has 0 saturated carbocycles. The summed E-state index contributed by atoms with van der Waals surface area (Å²) in [5, 5.41) is 6.95. The Hall–Kier alpha value is -1.53. The highest BCUT2D eigenvalue weighted by Gasteiger charge is 2.12. The average Bonchev–Trinajstić information content (AvgIpc) is 2.71. The highest BCUT2D eigenvalue weighted by atomic mass is 127. The SMILES string of the molecule is CSc1ccc(/C(=N/OCCCCI)c2cccc3ccccc23)cc1. The Morgan fingerprint density at radius 2 is 1.73 bits per heavy atom. The van der Waals surface area contributed by atoms with Gasteiger partial charge in [-0.3, -0.25) is 0 Å². The van der Waals surface area contributed by atoms with Gasteiger partial charge in [-0.1, -0.05) is 82.3 Å². The molecule has 0 N–H and O–H groups in total. The third-order valence-electron chi connectivity index (χ3n) is 4.18. The maximum Gasteiger partial charge on any atom is 0.117 e. The Morgan fingerprint density at radius 1 is 0.962 bits per heavy atom. The topological polar surface area (TPSA) is 21.6 Å². The zero-order valence-corrected chi connectivity index (χ0v) is 17.8. The predicted octanol–water partition coefficient (Wildman–Crippen LogP) is 6.55. The lowest BCUT2D eigenvalue weighted by atomic mass is 9.97. The maximum atomic E-state index is 5.69. The fourth-order valence-electron chi connectivity index (χ4n) is 2.81. The van der Waals surface area contributed by atoms with Crippen molar-refractivity contribution in [3.05, 3.63) is 77.9 Å². The Labute approximate surface area is 173 Å². The van der Waals surface area contributed by atoms with Crippen molar-refractivity contribution >= 4 is 50.8 Å². The zero-order valence-electron chi connectivity index (χ0n) is 14.8. The van der Waals surface area contributed by atoms with Crippen LogP contribution in [0.2, 0.25) is 0 Å². The molecule has 0 saturated heterocycles. The van der Waals surface area contributed by atoms with E-state index in [1.54, 1.807) is 11.8 Å². The highest BCUT2D eigenvalue weighted by Crippen LogP contribution is 2.24. The zero-order chi connectivity index (χ0) is 18.2. The van der Waals surface area contributed by atoms with Crippen LogP contribution in [0.15, 0.2) is 76.8 Å². The number of hydrogen-bond donors (Lipinski definition) is 0. The molecule has 0 aliphatic carbocycles. The van der Waals surface area contributed by atoms with Crippen LogP contribution >= 0.6 is 34.4 Å². The summed E-state index contributed by atoms with van der Waals surface area (Å²) in [6, 6.07) is 23.3. The van der Waals surface area contributed by atoms with Crippen molar-refractivity contribution in [3.63, 3.8) is 0 Å². The lowest BCUT2D eigenvalue weighted by molar-refractivity contribution is 0.142. The van der Waals surface area contributed by atoms with Crippen LogP contribution in [-0.2, 0) is 4.84 Å². The van der Waals surface area contributed by atoms with E-state index in [0.717, 1.165) is 34.1 Å². The first-order valence-corrected chi connectivity index (χ1v) is 11.5. The standard InChI is InChI=1S/C22H22INOS/c1-26-19-13-11-18(12-14-19)22(24-25-16-5-4-15-23)21-10-6-8-17-7-2-3-9-20(17)21/h2-3,6-14H,4-5,15-16H2,1H3/b24-22-. The number of nitrogens with zero attached hydrogens (tertiary/aromatic N) is 1. The molecule has 0 unspecified atom stereocenters. The third kappa shape index (κ3) is 4.80. The van der Waals surface area contributed by atoms with E-state index < -0.39 is 0 Å². The summed E-state index contributed by atoms with van der Waals surface area (Å²) in [6.07, 6.45) is 4.27. The summed E-state index contributed by atoms with van der Waals surface area (Å²) < 4.78 is 1.15. The van der Waals surface area contributed by atoms with Gasteiger partial charge in [-0.25, -0.2) is 0 Å². The van der Waals surface area contributed by atoms with E-state index in [4.69, 9.17) is 4.84 Å². The molecule has 0 aliphatic rings. The molecule has 0 heterocycles. The number of halogens is 1. The van der Waals surface area contributed by atoms with Gasteiger partial charge in [-0.05, 0) is 46.4 Å². The number of fused-ring (bicyclic) bond motifs is 1. The van der Waals surface area contributed by atoms with Crippen molar-refractivity contribution in [3.8, 4) is 0 Å². The normalized spacial score (nSPS) is 11.7. The Morgan fingerprint density at radius 3 is 2.50 bits per heavy atom. The van der Waals surface area contributed by atoms with Crippen LogP contribution < -0.4 is 0 Å². The summed E-state index contributed by atoms with van der Waals surface area (Å²) >= 11 is 4.14. The molecule has 0 bridgehead atoms. The lowest BCUT2D eigenvalue weighted by Crippen LogP contribution is -2.06. The summed E-state index contributed by atoms with van der Waals surface area (Å²) in [4.78, 5) is 6.94. The lowest BCUT2D eigenvalue weighted by Gasteiger charge is -2.11. The third-order valence-corrected chi connectivity index (χ3v) is 5.69. The fourth-order valence-corrected chi connectivity index (χ4v) is 3.76. The molecule has 0 aromatic heterocycles. The Bertz CT molecular complexity index is 871. The summed E-state index contributed by atoms with van der Waals surface area (Å²) in [7, 11) is 0. The van der Waals surface area contributed by atoms with Gasteiger partial charge in [-0.15, -0.1) is 11.8 Å². The molecule has 0 radical (unpaired) electrons. The molecule has 3 aromatic carbocycles. The van der Waals surface area contributed by atoms with E-state index in [1.807, 2.05) is 0 Å². The highest BCUT2D eigenvalue weighted by molar-refractivity contribution is 14.1. The fraction of sp³-hybridized carbons (Fsp3) is 0.227. The summed E-state index contributed by atoms with van der Waals surface area (Å²) in [5.41, 5.74) is 3.07. The van der Waals surface area contributed by atoms with Gasteiger partial charge in [0, 0.05) is 16.0 Å². The van der Waals surface area contributed by atoms with Crippen LogP contribution in [0.25, 0.3) is 10.8 Å². The second-order valence-electron chi connectivity index (χ2n) is 5.92. The van der Waals surface area contributed by atoms with Crippen LogP contribution in [0.3, 0.4) is 0 Å². The van der Waals surface area contributed by atoms with Crippen molar-refractivity contribution in [2.24, 2.45) is 5.16 Å². The number of rotatable bonds is 8. The van der Waals surface area contributed by atoms with E-state index in [9.17, 15) is 0 Å². The number of unbranched alkanes of at least 4 members (excludes halogenated alkanes) is 1. The van der Waals surface area contributed by atoms with E-state index >= 15 is 0 Å². The summed E-state index contributed by atoms with van der Waals surface area (Å²) in [6.45, 7) is 0.653. The Kier molecular flexibility index (Phi) is 7.38. The number of alkyl halides is 1. The first kappa shape index (κ1) is 19.2. The van der Waals surface area contributed by atoms with Crippen molar-refractivity contribution in [1.29, 1.82) is 0 Å². The van der Waals surface area contributed by atoms with E-state index in [1.165, 1.54) is 15.7 Å². The minimum atomic E-state index is 0.653. The van der Waals surface area contributed by atoms with Crippen LogP contribution in [0.1, 0.15) is 24.0 Å². The number of benzene rings is 3. The molecule has 134 valence electrons. The van der Waals surface area contributed by atoms with Crippen LogP contribution in [-0.4, -0.2) is 23.0 Å². The van der Waals surface area contributed by atoms with Crippen molar-refractivity contribution < 1.29 is 4.84 Å². The van der Waals surface area contributed by atoms with Crippen LogP contribution in [0.5, 0.6) is 0 Å². The molecule has 0 spiro atoms. The minimum absolute atomic E-state index is 0.653. The quantitative estimate of drug-likeness (QED) is 0.0921. The van der Waals surface area contributed by atoms with Gasteiger partial charge >= 0.3 is 0 Å². The van der Waals surface area contributed by atoms with Gasteiger partial charge in [0.1, 0.15) is 12.3 Å². The van der Waals surface area contributed by atoms with Gasteiger partial charge < -0.3 is 4.84 Å². The smallest absolute Gasteiger partial charge is 0.117 e. The number of oxime groups is 1. The minimum Gasteiger partial charge on any atom is -0.395 e. The second-order valence-corrected chi connectivity index (χ2v) is 7.88. The van der Waals surface area contributed by atoms with Gasteiger partial charge in [0.05, 0.1) is 0 Å². The molecule has 4 heteroatoms. The van der Waals surface area contributed by atoms with Gasteiger partial charge in [-0.2, -0.15) is 0 Å². The molecule has 0 fully saturated rings. The van der Waals surface area contributed by atoms with Crippen LogP contribution in [0, 0.1) is 0 Å². The predicted molar refractivity (Wildman–Crippen MR) is 122 cm³/mol. The molecular formula is C22H22INOS. The summed E-state index contributed by atoms with van der Waals surface area (Å²) in [5.74, 6) is 0. The van der Waals surface area contributed by atoms with Gasteiger partial charge in [0.2, 0.25) is 0 Å². The van der Waals surface area contributed by atoms with Crippen molar-refractivity contribution in [2.45, 2.75) is 17.7 Å². The maximum absolute atomic E-state index is 5.69. The first-order chi connectivity index (χ1) is 12.8. The molecule has 3 rings (SSSR count). The first-order valence-electron chi connectivity index (χ1n) is 8.72. The number of thioether (sulfide) groups is 1.